The second kappa shape index (κ2) is 8.00. The first kappa shape index (κ1) is 20.8. The molecule has 3 aromatic rings. The average Bonchev–Trinajstić information content (AvgIpc) is 3.09. The Morgan fingerprint density at radius 1 is 1.10 bits per heavy atom. The molecule has 1 unspecified atom stereocenters. The third-order valence-corrected chi connectivity index (χ3v) is 5.43. The van der Waals surface area contributed by atoms with Crippen LogP contribution in [0.25, 0.3) is 11.1 Å². The Bertz CT molecular complexity index is 1180. The molecule has 0 aromatic heterocycles. The van der Waals surface area contributed by atoms with Crippen LogP contribution in [-0.4, -0.2) is 31.5 Å². The summed E-state index contributed by atoms with van der Waals surface area (Å²) in [5.41, 5.74) is 4.14. The summed E-state index contributed by atoms with van der Waals surface area (Å²) >= 11 is 6.47. The quantitative estimate of drug-likeness (QED) is 0.491. The molecule has 0 amide bonds. The molecule has 0 saturated heterocycles. The van der Waals surface area contributed by atoms with Crippen molar-refractivity contribution in [2.75, 3.05) is 29.6 Å². The maximum Gasteiger partial charge on any atom is 0.336 e. The van der Waals surface area contributed by atoms with Crippen molar-refractivity contribution in [3.05, 3.63) is 70.5 Å². The van der Waals surface area contributed by atoms with Gasteiger partial charge in [-0.1, -0.05) is 23.7 Å². The van der Waals surface area contributed by atoms with Crippen LogP contribution in [0.2, 0.25) is 5.02 Å². The fourth-order valence-electron chi connectivity index (χ4n) is 3.49. The summed E-state index contributed by atoms with van der Waals surface area (Å²) in [5.74, 6) is -0.934. The van der Waals surface area contributed by atoms with Gasteiger partial charge in [0.2, 0.25) is 6.35 Å². The van der Waals surface area contributed by atoms with E-state index < -0.39 is 12.3 Å². The van der Waals surface area contributed by atoms with Gasteiger partial charge in [0.25, 0.3) is 0 Å². The van der Waals surface area contributed by atoms with E-state index in [1.807, 2.05) is 12.1 Å². The number of nitrogens with zero attached hydrogens (tertiary/aromatic N) is 1. The number of fused-ring (bicyclic) bond motifs is 1. The van der Waals surface area contributed by atoms with Gasteiger partial charge in [0.1, 0.15) is 11.6 Å². The first-order valence-corrected chi connectivity index (χ1v) is 9.95. The number of aromatic carboxylic acids is 1. The Balaban J connectivity index is 1.57. The fraction of sp³-hybridized carbons (Fsp3) is 0.174. The topological polar surface area (TPSA) is 73.8 Å². The second-order valence-electron chi connectivity index (χ2n) is 7.51. The lowest BCUT2D eigenvalue weighted by Crippen LogP contribution is -2.29. The Labute approximate surface area is 184 Å². The molecule has 1 atom stereocenters. The van der Waals surface area contributed by atoms with Crippen molar-refractivity contribution in [3.8, 4) is 16.9 Å². The molecule has 0 spiro atoms. The number of anilines is 3. The number of aryl methyl sites for hydroxylation is 1. The summed E-state index contributed by atoms with van der Waals surface area (Å²) in [6.07, 6.45) is -0.612. The zero-order valence-electron chi connectivity index (χ0n) is 17.2. The van der Waals surface area contributed by atoms with Crippen LogP contribution < -0.4 is 20.3 Å². The van der Waals surface area contributed by atoms with Crippen LogP contribution in [0.1, 0.15) is 15.9 Å². The molecule has 0 radical (unpaired) electrons. The molecular formula is C23H21ClFN3O3. The number of halogens is 2. The normalized spacial score (nSPS) is 14.4. The highest BCUT2D eigenvalue weighted by atomic mass is 35.5. The minimum absolute atomic E-state index is 0.182. The molecule has 0 aliphatic carbocycles. The van der Waals surface area contributed by atoms with E-state index in [0.717, 1.165) is 11.4 Å². The number of rotatable bonds is 5. The molecular weight excluding hydrogens is 421 g/mol. The van der Waals surface area contributed by atoms with E-state index in [1.165, 1.54) is 12.1 Å². The molecule has 6 nitrogen and oxygen atoms in total. The molecule has 1 heterocycles. The van der Waals surface area contributed by atoms with Gasteiger partial charge in [-0.3, -0.25) is 0 Å². The number of hydrogen-bond acceptors (Lipinski definition) is 5. The van der Waals surface area contributed by atoms with Gasteiger partial charge in [0, 0.05) is 19.7 Å². The van der Waals surface area contributed by atoms with Crippen LogP contribution >= 0.6 is 11.6 Å². The summed E-state index contributed by atoms with van der Waals surface area (Å²) in [6.45, 7) is 1.73. The largest absolute Gasteiger partial charge is 0.478 e. The number of benzene rings is 3. The van der Waals surface area contributed by atoms with Gasteiger partial charge in [-0.2, -0.15) is 0 Å². The SMILES string of the molecule is Cc1ccc(OC2Nc3cc(Cl)c(-c4ccc(N(C)C)c(F)c4)cc3N2)cc1C(=O)O. The Morgan fingerprint density at radius 2 is 1.81 bits per heavy atom. The summed E-state index contributed by atoms with van der Waals surface area (Å²) in [6, 6.07) is 13.5. The maximum absolute atomic E-state index is 14.4. The van der Waals surface area contributed by atoms with Gasteiger partial charge in [0.15, 0.2) is 0 Å². The van der Waals surface area contributed by atoms with E-state index in [1.54, 1.807) is 50.2 Å². The van der Waals surface area contributed by atoms with Crippen molar-refractivity contribution >= 4 is 34.6 Å². The van der Waals surface area contributed by atoms with Crippen LogP contribution in [0.3, 0.4) is 0 Å². The lowest BCUT2D eigenvalue weighted by atomic mass is 10.0. The molecule has 8 heteroatoms. The van der Waals surface area contributed by atoms with Crippen molar-refractivity contribution in [1.29, 1.82) is 0 Å². The monoisotopic (exact) mass is 441 g/mol. The molecule has 1 aliphatic heterocycles. The van der Waals surface area contributed by atoms with Gasteiger partial charge >= 0.3 is 5.97 Å². The van der Waals surface area contributed by atoms with Crippen molar-refractivity contribution in [2.24, 2.45) is 0 Å². The van der Waals surface area contributed by atoms with Crippen LogP contribution in [-0.2, 0) is 0 Å². The molecule has 1 aliphatic rings. The zero-order valence-corrected chi connectivity index (χ0v) is 17.9. The van der Waals surface area contributed by atoms with Gasteiger partial charge in [-0.15, -0.1) is 0 Å². The zero-order chi connectivity index (χ0) is 22.3. The Hall–Kier alpha value is -3.45. The molecule has 0 saturated carbocycles. The minimum atomic E-state index is -1.01. The van der Waals surface area contributed by atoms with E-state index in [4.69, 9.17) is 16.3 Å². The average molecular weight is 442 g/mol. The van der Waals surface area contributed by atoms with Gasteiger partial charge in [-0.25, -0.2) is 9.18 Å². The predicted octanol–water partition coefficient (Wildman–Crippen LogP) is 5.42. The molecule has 0 bridgehead atoms. The molecule has 3 N–H and O–H groups in total. The first-order chi connectivity index (χ1) is 14.7. The number of carboxylic acid groups (broad SMARTS) is 1. The number of nitrogens with one attached hydrogen (secondary N) is 2. The third kappa shape index (κ3) is 4.09. The molecule has 0 fully saturated rings. The van der Waals surface area contributed by atoms with Crippen LogP contribution in [0, 0.1) is 12.7 Å². The number of ether oxygens (including phenoxy) is 1. The predicted molar refractivity (Wildman–Crippen MR) is 121 cm³/mol. The third-order valence-electron chi connectivity index (χ3n) is 5.11. The van der Waals surface area contributed by atoms with E-state index in [-0.39, 0.29) is 11.4 Å². The van der Waals surface area contributed by atoms with E-state index in [2.05, 4.69) is 10.6 Å². The van der Waals surface area contributed by atoms with Crippen LogP contribution in [0.15, 0.2) is 48.5 Å². The lowest BCUT2D eigenvalue weighted by molar-refractivity contribution is 0.0695. The van der Waals surface area contributed by atoms with E-state index in [9.17, 15) is 14.3 Å². The highest BCUT2D eigenvalue weighted by Crippen LogP contribution is 2.40. The molecule has 3 aromatic carbocycles. The smallest absolute Gasteiger partial charge is 0.336 e. The highest BCUT2D eigenvalue weighted by Gasteiger charge is 2.24. The van der Waals surface area contributed by atoms with Gasteiger partial charge in [0.05, 0.1) is 27.6 Å². The highest BCUT2D eigenvalue weighted by molar-refractivity contribution is 6.34. The van der Waals surface area contributed by atoms with Gasteiger partial charge in [-0.05, 0) is 54.4 Å². The van der Waals surface area contributed by atoms with Crippen molar-refractivity contribution in [2.45, 2.75) is 13.3 Å². The van der Waals surface area contributed by atoms with Crippen molar-refractivity contribution < 1.29 is 19.0 Å². The Morgan fingerprint density at radius 3 is 2.45 bits per heavy atom. The second-order valence-corrected chi connectivity index (χ2v) is 7.91. The van der Waals surface area contributed by atoms with Crippen LogP contribution in [0.4, 0.5) is 21.5 Å². The summed E-state index contributed by atoms with van der Waals surface area (Å²) in [4.78, 5) is 13.1. The van der Waals surface area contributed by atoms with Crippen molar-refractivity contribution in [3.63, 3.8) is 0 Å². The first-order valence-electron chi connectivity index (χ1n) is 9.57. The molecule has 4 rings (SSSR count). The number of carboxylic acids is 1. The van der Waals surface area contributed by atoms with E-state index in [0.29, 0.717) is 33.1 Å². The van der Waals surface area contributed by atoms with Gasteiger partial charge < -0.3 is 25.4 Å². The van der Waals surface area contributed by atoms with E-state index >= 15 is 0 Å². The summed E-state index contributed by atoms with van der Waals surface area (Å²) in [5, 5.41) is 16.1. The van der Waals surface area contributed by atoms with Crippen LogP contribution in [0.5, 0.6) is 5.75 Å². The lowest BCUT2D eigenvalue weighted by Gasteiger charge is -2.15. The summed E-state index contributed by atoms with van der Waals surface area (Å²) < 4.78 is 20.3. The minimum Gasteiger partial charge on any atom is -0.478 e. The maximum atomic E-state index is 14.4. The van der Waals surface area contributed by atoms with Crippen molar-refractivity contribution in [1.82, 2.24) is 0 Å². The Kier molecular flexibility index (Phi) is 5.37. The standard InChI is InChI=1S/C23H21ClFN3O3/c1-12-4-6-14(9-15(12)22(29)30)31-23-26-19-10-16(17(24)11-20(19)27-23)13-5-7-21(28(2)3)18(25)8-13/h4-11,23,26-27H,1-3H3,(H,29,30). The fourth-order valence-corrected chi connectivity index (χ4v) is 3.76. The molecule has 160 valence electrons. The summed E-state index contributed by atoms with van der Waals surface area (Å²) in [7, 11) is 3.56. The number of hydrogen-bond donors (Lipinski definition) is 3. The number of carbonyl (C=O) groups is 1. The molecule has 31 heavy (non-hydrogen) atoms.